The zero-order valence-electron chi connectivity index (χ0n) is 13.5. The van der Waals surface area contributed by atoms with Gasteiger partial charge in [0.15, 0.2) is 0 Å². The zero-order chi connectivity index (χ0) is 16.1. The molecule has 2 heteroatoms. The van der Waals surface area contributed by atoms with Crippen molar-refractivity contribution in [3.8, 4) is 0 Å². The maximum absolute atomic E-state index is 13.9. The summed E-state index contributed by atoms with van der Waals surface area (Å²) >= 11 is 0. The van der Waals surface area contributed by atoms with Crippen LogP contribution >= 0.6 is 0 Å². The van der Waals surface area contributed by atoms with Crippen LogP contribution in [0.4, 0.5) is 8.78 Å². The van der Waals surface area contributed by atoms with Crippen LogP contribution in [0.1, 0.15) is 55.6 Å². The Labute approximate surface area is 137 Å². The molecule has 1 aliphatic carbocycles. The van der Waals surface area contributed by atoms with Crippen molar-refractivity contribution in [3.63, 3.8) is 0 Å². The lowest BCUT2D eigenvalue weighted by atomic mass is 9.76. The molecule has 0 amide bonds. The van der Waals surface area contributed by atoms with E-state index >= 15 is 0 Å². The van der Waals surface area contributed by atoms with Gasteiger partial charge in [0.25, 0.3) is 0 Å². The molecule has 0 saturated heterocycles. The van der Waals surface area contributed by atoms with Crippen molar-refractivity contribution in [2.45, 2.75) is 50.9 Å². The third kappa shape index (κ3) is 4.19. The molecule has 0 aliphatic heterocycles. The number of hydrogen-bond donors (Lipinski definition) is 0. The van der Waals surface area contributed by atoms with E-state index in [0.29, 0.717) is 11.5 Å². The van der Waals surface area contributed by atoms with Gasteiger partial charge in [-0.05, 0) is 68.1 Å². The van der Waals surface area contributed by atoms with E-state index < -0.39 is 0 Å². The summed E-state index contributed by atoms with van der Waals surface area (Å²) < 4.78 is 27.8. The van der Waals surface area contributed by atoms with Crippen LogP contribution in [0.15, 0.2) is 48.5 Å². The van der Waals surface area contributed by atoms with Crippen LogP contribution in [0, 0.1) is 17.6 Å². The summed E-state index contributed by atoms with van der Waals surface area (Å²) in [4.78, 5) is 0. The summed E-state index contributed by atoms with van der Waals surface area (Å²) in [6, 6.07) is 14.8. The third-order valence-electron chi connectivity index (χ3n) is 5.18. The van der Waals surface area contributed by atoms with Crippen LogP contribution in [0.2, 0.25) is 0 Å². The molecule has 122 valence electrons. The highest BCUT2D eigenvalue weighted by atomic mass is 19.1. The lowest BCUT2D eigenvalue weighted by Crippen LogP contribution is -2.15. The average Bonchev–Trinajstić information content (AvgIpc) is 2.57. The average molecular weight is 314 g/mol. The second-order valence-electron chi connectivity index (χ2n) is 6.73. The van der Waals surface area contributed by atoms with Crippen LogP contribution < -0.4 is 0 Å². The molecular weight excluding hydrogens is 290 g/mol. The highest BCUT2D eigenvalue weighted by Crippen LogP contribution is 2.39. The Morgan fingerprint density at radius 3 is 2.09 bits per heavy atom. The molecule has 0 atom stereocenters. The quantitative estimate of drug-likeness (QED) is 0.611. The van der Waals surface area contributed by atoms with Crippen LogP contribution in [0.3, 0.4) is 0 Å². The molecule has 2 aromatic rings. The van der Waals surface area contributed by atoms with Crippen molar-refractivity contribution in [2.24, 2.45) is 5.92 Å². The topological polar surface area (TPSA) is 0 Å². The molecule has 0 heterocycles. The first kappa shape index (κ1) is 16.2. The molecule has 0 nitrogen and oxygen atoms in total. The van der Waals surface area contributed by atoms with Gasteiger partial charge in [0, 0.05) is 5.56 Å². The smallest absolute Gasteiger partial charge is 0.129 e. The summed E-state index contributed by atoms with van der Waals surface area (Å²) in [6.45, 7) is 0. The SMILES string of the molecule is Fc1cccc(F)c1C1CCC(CCCc2ccccc2)CC1. The van der Waals surface area contributed by atoms with Gasteiger partial charge in [0.05, 0.1) is 0 Å². The van der Waals surface area contributed by atoms with Crippen LogP contribution in [0.25, 0.3) is 0 Å². The minimum atomic E-state index is -0.377. The molecule has 1 aliphatic rings. The fourth-order valence-corrected chi connectivity index (χ4v) is 3.88. The van der Waals surface area contributed by atoms with Crippen LogP contribution in [-0.2, 0) is 6.42 Å². The number of rotatable bonds is 5. The highest BCUT2D eigenvalue weighted by Gasteiger charge is 2.26. The Morgan fingerprint density at radius 2 is 1.43 bits per heavy atom. The molecule has 2 aromatic carbocycles. The first-order chi connectivity index (χ1) is 11.2. The number of aryl methyl sites for hydroxylation is 1. The van der Waals surface area contributed by atoms with Crippen molar-refractivity contribution in [2.75, 3.05) is 0 Å². The normalized spacial score (nSPS) is 21.3. The van der Waals surface area contributed by atoms with Crippen molar-refractivity contribution < 1.29 is 8.78 Å². The number of hydrogen-bond acceptors (Lipinski definition) is 0. The van der Waals surface area contributed by atoms with Gasteiger partial charge in [-0.25, -0.2) is 8.78 Å². The first-order valence-electron chi connectivity index (χ1n) is 8.72. The molecule has 3 rings (SSSR count). The maximum Gasteiger partial charge on any atom is 0.129 e. The Morgan fingerprint density at radius 1 is 0.783 bits per heavy atom. The second-order valence-corrected chi connectivity index (χ2v) is 6.73. The van der Waals surface area contributed by atoms with E-state index in [9.17, 15) is 8.78 Å². The second kappa shape index (κ2) is 7.72. The summed E-state index contributed by atoms with van der Waals surface area (Å²) in [6.07, 6.45) is 7.56. The van der Waals surface area contributed by atoms with E-state index in [-0.39, 0.29) is 17.6 Å². The summed E-state index contributed by atoms with van der Waals surface area (Å²) in [7, 11) is 0. The van der Waals surface area contributed by atoms with E-state index in [1.807, 2.05) is 6.07 Å². The molecular formula is C21H24F2. The first-order valence-corrected chi connectivity index (χ1v) is 8.72. The predicted octanol–water partition coefficient (Wildman–Crippen LogP) is 6.26. The van der Waals surface area contributed by atoms with E-state index in [1.165, 1.54) is 36.6 Å². The lowest BCUT2D eigenvalue weighted by molar-refractivity contribution is 0.297. The Hall–Kier alpha value is -1.70. The molecule has 23 heavy (non-hydrogen) atoms. The third-order valence-corrected chi connectivity index (χ3v) is 5.18. The van der Waals surface area contributed by atoms with Crippen molar-refractivity contribution in [1.29, 1.82) is 0 Å². The fourth-order valence-electron chi connectivity index (χ4n) is 3.88. The molecule has 0 bridgehead atoms. The van der Waals surface area contributed by atoms with E-state index in [2.05, 4.69) is 24.3 Å². The molecule has 1 fully saturated rings. The predicted molar refractivity (Wildman–Crippen MR) is 90.4 cm³/mol. The van der Waals surface area contributed by atoms with Crippen molar-refractivity contribution >= 4 is 0 Å². The summed E-state index contributed by atoms with van der Waals surface area (Å²) in [5, 5.41) is 0. The van der Waals surface area contributed by atoms with E-state index in [4.69, 9.17) is 0 Å². The Kier molecular flexibility index (Phi) is 5.43. The van der Waals surface area contributed by atoms with Crippen molar-refractivity contribution in [1.82, 2.24) is 0 Å². The molecule has 0 spiro atoms. The standard InChI is InChI=1S/C21H24F2/c22-19-10-5-11-20(23)21(19)18-14-12-17(13-15-18)9-4-8-16-6-2-1-3-7-16/h1-3,5-7,10-11,17-18H,4,8-9,12-15H2. The summed E-state index contributed by atoms with van der Waals surface area (Å²) in [5.41, 5.74) is 1.71. The largest absolute Gasteiger partial charge is 0.207 e. The van der Waals surface area contributed by atoms with Gasteiger partial charge in [-0.3, -0.25) is 0 Å². The minimum absolute atomic E-state index is 0.0570. The van der Waals surface area contributed by atoms with Gasteiger partial charge >= 0.3 is 0 Å². The van der Waals surface area contributed by atoms with Gasteiger partial charge in [-0.15, -0.1) is 0 Å². The highest BCUT2D eigenvalue weighted by molar-refractivity contribution is 5.24. The van der Waals surface area contributed by atoms with Gasteiger partial charge < -0.3 is 0 Å². The lowest BCUT2D eigenvalue weighted by Gasteiger charge is -2.29. The molecule has 1 saturated carbocycles. The van der Waals surface area contributed by atoms with E-state index in [1.54, 1.807) is 0 Å². The van der Waals surface area contributed by atoms with E-state index in [0.717, 1.165) is 32.1 Å². The van der Waals surface area contributed by atoms with Crippen LogP contribution in [0.5, 0.6) is 0 Å². The minimum Gasteiger partial charge on any atom is -0.207 e. The number of halogens is 2. The molecule has 0 radical (unpaired) electrons. The zero-order valence-corrected chi connectivity index (χ0v) is 13.5. The Balaban J connectivity index is 1.47. The fraction of sp³-hybridized carbons (Fsp3) is 0.429. The molecule has 0 aromatic heterocycles. The van der Waals surface area contributed by atoms with Gasteiger partial charge in [0.1, 0.15) is 11.6 Å². The molecule has 0 N–H and O–H groups in total. The van der Waals surface area contributed by atoms with Gasteiger partial charge in [-0.1, -0.05) is 42.8 Å². The van der Waals surface area contributed by atoms with Crippen molar-refractivity contribution in [3.05, 3.63) is 71.3 Å². The Bertz CT molecular complexity index is 593. The number of benzene rings is 2. The summed E-state index contributed by atoms with van der Waals surface area (Å²) in [5.74, 6) is 0.0152. The maximum atomic E-state index is 13.9. The van der Waals surface area contributed by atoms with Crippen LogP contribution in [-0.4, -0.2) is 0 Å². The molecule has 0 unspecified atom stereocenters. The monoisotopic (exact) mass is 314 g/mol. The van der Waals surface area contributed by atoms with Gasteiger partial charge in [0.2, 0.25) is 0 Å². The van der Waals surface area contributed by atoms with Gasteiger partial charge in [-0.2, -0.15) is 0 Å².